The van der Waals surface area contributed by atoms with Gasteiger partial charge in [0.2, 0.25) is 0 Å². The molecule has 0 aliphatic heterocycles. The molecule has 15 heavy (non-hydrogen) atoms. The maximum atomic E-state index is 5.91. The lowest BCUT2D eigenvalue weighted by atomic mass is 10.3. The van der Waals surface area contributed by atoms with Crippen molar-refractivity contribution in [2.45, 2.75) is 26.9 Å². The third-order valence-electron chi connectivity index (χ3n) is 1.95. The smallest absolute Gasteiger partial charge is 0.252 e. The zero-order valence-electron chi connectivity index (χ0n) is 9.37. The summed E-state index contributed by atoms with van der Waals surface area (Å²) < 4.78 is 10.4. The first kappa shape index (κ1) is 12.2. The Hall–Kier alpha value is -0.870. The Bertz CT molecular complexity index is 344. The number of ether oxygens (including phenoxy) is 2. The number of hydrogen-bond acceptors (Lipinski definition) is 4. The molecule has 1 aromatic heterocycles. The summed E-state index contributed by atoms with van der Waals surface area (Å²) in [6.45, 7) is 6.10. The summed E-state index contributed by atoms with van der Waals surface area (Å²) in [5.74, 6) is 0.365. The van der Waals surface area contributed by atoms with Crippen molar-refractivity contribution in [1.29, 1.82) is 0 Å². The van der Waals surface area contributed by atoms with Gasteiger partial charge >= 0.3 is 0 Å². The fourth-order valence-electron chi connectivity index (χ4n) is 1.09. The molecular weight excluding hydrogens is 216 g/mol. The van der Waals surface area contributed by atoms with Gasteiger partial charge in [0, 0.05) is 7.11 Å². The van der Waals surface area contributed by atoms with Crippen LogP contribution in [0.25, 0.3) is 0 Å². The van der Waals surface area contributed by atoms with Gasteiger partial charge in [0.25, 0.3) is 5.88 Å². The van der Waals surface area contributed by atoms with Crippen LogP contribution in [-0.2, 0) is 4.74 Å². The van der Waals surface area contributed by atoms with Gasteiger partial charge < -0.3 is 9.47 Å². The molecule has 0 aliphatic rings. The molecule has 0 saturated carbocycles. The maximum Gasteiger partial charge on any atom is 0.252 e. The third-order valence-corrected chi connectivity index (χ3v) is 2.20. The van der Waals surface area contributed by atoms with Gasteiger partial charge in [-0.25, -0.2) is 9.97 Å². The summed E-state index contributed by atoms with van der Waals surface area (Å²) in [4.78, 5) is 8.35. The van der Waals surface area contributed by atoms with Crippen LogP contribution in [0.1, 0.15) is 18.3 Å². The molecule has 1 rings (SSSR count). The second-order valence-electron chi connectivity index (χ2n) is 3.37. The average Bonchev–Trinajstić information content (AvgIpc) is 2.14. The summed E-state index contributed by atoms with van der Waals surface area (Å²) >= 11 is 5.91. The molecule has 0 N–H and O–H groups in total. The summed E-state index contributed by atoms with van der Waals surface area (Å²) in [5, 5.41) is 0.293. The van der Waals surface area contributed by atoms with Crippen molar-refractivity contribution in [3.63, 3.8) is 0 Å². The monoisotopic (exact) mass is 230 g/mol. The van der Waals surface area contributed by atoms with Gasteiger partial charge in [-0.2, -0.15) is 0 Å². The normalized spacial score (nSPS) is 12.6. The van der Waals surface area contributed by atoms with E-state index in [9.17, 15) is 0 Å². The molecule has 84 valence electrons. The largest absolute Gasteiger partial charge is 0.470 e. The summed E-state index contributed by atoms with van der Waals surface area (Å²) in [7, 11) is 1.62. The van der Waals surface area contributed by atoms with Crippen LogP contribution in [0.5, 0.6) is 5.88 Å². The van der Waals surface area contributed by atoms with Crippen LogP contribution in [0.4, 0.5) is 0 Å². The van der Waals surface area contributed by atoms with Crippen LogP contribution < -0.4 is 4.74 Å². The van der Waals surface area contributed by atoms with E-state index in [4.69, 9.17) is 21.1 Å². The van der Waals surface area contributed by atoms with E-state index in [-0.39, 0.29) is 6.10 Å². The Labute approximate surface area is 94.6 Å². The van der Waals surface area contributed by atoms with Crippen LogP contribution in [0, 0.1) is 13.8 Å². The van der Waals surface area contributed by atoms with Crippen LogP contribution in [0.15, 0.2) is 0 Å². The molecule has 0 aromatic carbocycles. The molecule has 1 heterocycles. The van der Waals surface area contributed by atoms with Gasteiger partial charge in [-0.1, -0.05) is 11.6 Å². The zero-order chi connectivity index (χ0) is 11.4. The molecule has 0 fully saturated rings. The Morgan fingerprint density at radius 1 is 1.27 bits per heavy atom. The molecule has 0 saturated heterocycles. The number of aromatic nitrogens is 2. The predicted octanol–water partition coefficient (Wildman–Crippen LogP) is 2.16. The van der Waals surface area contributed by atoms with Gasteiger partial charge in [-0.15, -0.1) is 0 Å². The van der Waals surface area contributed by atoms with Crippen LogP contribution in [-0.4, -0.2) is 29.8 Å². The Balaban J connectivity index is 2.81. The second-order valence-corrected chi connectivity index (χ2v) is 3.73. The second kappa shape index (κ2) is 5.28. The van der Waals surface area contributed by atoms with Gasteiger partial charge in [-0.3, -0.25) is 0 Å². The van der Waals surface area contributed by atoms with E-state index in [0.717, 1.165) is 11.4 Å². The lowest BCUT2D eigenvalue weighted by Gasteiger charge is -2.14. The Morgan fingerprint density at radius 3 is 2.47 bits per heavy atom. The lowest BCUT2D eigenvalue weighted by Crippen LogP contribution is -2.19. The Morgan fingerprint density at radius 2 is 1.87 bits per heavy atom. The molecule has 1 unspecified atom stereocenters. The predicted molar refractivity (Wildman–Crippen MR) is 58.5 cm³/mol. The van der Waals surface area contributed by atoms with Gasteiger partial charge in [0.15, 0.2) is 5.15 Å². The highest BCUT2D eigenvalue weighted by atomic mass is 35.5. The van der Waals surface area contributed by atoms with E-state index in [1.165, 1.54) is 0 Å². The van der Waals surface area contributed by atoms with Crippen molar-refractivity contribution < 1.29 is 9.47 Å². The molecular formula is C10H15ClN2O2. The number of halogens is 1. The van der Waals surface area contributed by atoms with Crippen molar-refractivity contribution in [3.8, 4) is 5.88 Å². The fourth-order valence-corrected chi connectivity index (χ4v) is 1.30. The molecule has 0 spiro atoms. The van der Waals surface area contributed by atoms with Gasteiger partial charge in [-0.05, 0) is 20.8 Å². The van der Waals surface area contributed by atoms with E-state index in [1.54, 1.807) is 7.11 Å². The molecule has 0 aliphatic carbocycles. The number of aryl methyl sites for hydroxylation is 2. The Kier molecular flexibility index (Phi) is 4.29. The van der Waals surface area contributed by atoms with E-state index in [0.29, 0.717) is 17.6 Å². The van der Waals surface area contributed by atoms with Crippen LogP contribution >= 0.6 is 11.6 Å². The van der Waals surface area contributed by atoms with Crippen molar-refractivity contribution in [2.75, 3.05) is 13.7 Å². The molecule has 1 atom stereocenters. The first-order chi connectivity index (χ1) is 7.04. The molecule has 0 bridgehead atoms. The molecule has 0 amide bonds. The number of methoxy groups -OCH3 is 1. The summed E-state index contributed by atoms with van der Waals surface area (Å²) in [6, 6.07) is 0. The van der Waals surface area contributed by atoms with Crippen molar-refractivity contribution in [1.82, 2.24) is 9.97 Å². The van der Waals surface area contributed by atoms with E-state index >= 15 is 0 Å². The lowest BCUT2D eigenvalue weighted by molar-refractivity contribution is 0.0886. The maximum absolute atomic E-state index is 5.91. The fraction of sp³-hybridized carbons (Fsp3) is 0.600. The minimum absolute atomic E-state index is 0.0936. The number of rotatable bonds is 4. The highest BCUT2D eigenvalue weighted by Gasteiger charge is 2.11. The minimum atomic E-state index is -0.0936. The zero-order valence-corrected chi connectivity index (χ0v) is 10.1. The third kappa shape index (κ3) is 3.32. The van der Waals surface area contributed by atoms with Crippen molar-refractivity contribution in [3.05, 3.63) is 16.5 Å². The molecule has 1 aromatic rings. The summed E-state index contributed by atoms with van der Waals surface area (Å²) in [6.07, 6.45) is -0.0936. The number of nitrogens with zero attached hydrogens (tertiary/aromatic N) is 2. The SMILES string of the molecule is COCC(C)Oc1nc(C)c(C)nc1Cl. The van der Waals surface area contributed by atoms with Crippen molar-refractivity contribution in [2.24, 2.45) is 0 Å². The number of hydrogen-bond donors (Lipinski definition) is 0. The topological polar surface area (TPSA) is 44.2 Å². The highest BCUT2D eigenvalue weighted by molar-refractivity contribution is 6.30. The molecule has 5 heteroatoms. The van der Waals surface area contributed by atoms with E-state index < -0.39 is 0 Å². The van der Waals surface area contributed by atoms with Crippen LogP contribution in [0.2, 0.25) is 5.15 Å². The molecule has 4 nitrogen and oxygen atoms in total. The van der Waals surface area contributed by atoms with E-state index in [2.05, 4.69) is 9.97 Å². The molecule has 0 radical (unpaired) electrons. The van der Waals surface area contributed by atoms with Gasteiger partial charge in [0.1, 0.15) is 6.10 Å². The van der Waals surface area contributed by atoms with Crippen molar-refractivity contribution >= 4 is 11.6 Å². The summed E-state index contributed by atoms with van der Waals surface area (Å²) in [5.41, 5.74) is 1.63. The first-order valence-electron chi connectivity index (χ1n) is 4.71. The van der Waals surface area contributed by atoms with Crippen LogP contribution in [0.3, 0.4) is 0 Å². The quantitative estimate of drug-likeness (QED) is 0.795. The average molecular weight is 231 g/mol. The first-order valence-corrected chi connectivity index (χ1v) is 5.08. The standard InChI is InChI=1S/C10H15ClN2O2/c1-6(5-14-4)15-10-9(11)12-7(2)8(3)13-10/h6H,5H2,1-4H3. The van der Waals surface area contributed by atoms with E-state index in [1.807, 2.05) is 20.8 Å². The van der Waals surface area contributed by atoms with Gasteiger partial charge in [0.05, 0.1) is 18.0 Å². The minimum Gasteiger partial charge on any atom is -0.470 e. The highest BCUT2D eigenvalue weighted by Crippen LogP contribution is 2.21.